The van der Waals surface area contributed by atoms with E-state index in [-0.39, 0.29) is 0 Å². The van der Waals surface area contributed by atoms with E-state index in [1.165, 1.54) is 0 Å². The second kappa shape index (κ2) is 6.46. The average molecular weight is 290 g/mol. The van der Waals surface area contributed by atoms with Gasteiger partial charge in [-0.2, -0.15) is 0 Å². The molecule has 1 atom stereocenters. The largest absolute Gasteiger partial charge is 0.458 e. The minimum Gasteiger partial charge on any atom is -0.458 e. The third kappa shape index (κ3) is 3.35. The van der Waals surface area contributed by atoms with E-state index < -0.39 is 5.79 Å². The zero-order valence-corrected chi connectivity index (χ0v) is 12.2. The lowest BCUT2D eigenvalue weighted by atomic mass is 9.97. The van der Waals surface area contributed by atoms with Crippen LogP contribution in [0.5, 0.6) is 5.75 Å². The maximum absolute atomic E-state index is 11.2. The third-order valence-corrected chi connectivity index (χ3v) is 3.54. The summed E-state index contributed by atoms with van der Waals surface area (Å²) in [5.41, 5.74) is 1.76. The van der Waals surface area contributed by atoms with E-state index in [1.807, 2.05) is 91.0 Å². The van der Waals surface area contributed by atoms with E-state index in [2.05, 4.69) is 0 Å². The molecule has 0 bridgehead atoms. The van der Waals surface area contributed by atoms with Gasteiger partial charge in [-0.15, -0.1) is 0 Å². The second-order valence-electron chi connectivity index (χ2n) is 5.23. The molecule has 0 aliphatic carbocycles. The first-order valence-electron chi connectivity index (χ1n) is 7.32. The molecule has 0 amide bonds. The van der Waals surface area contributed by atoms with Crippen molar-refractivity contribution in [1.82, 2.24) is 0 Å². The predicted octanol–water partition coefficient (Wildman–Crippen LogP) is 4.15. The minimum atomic E-state index is -1.40. The standard InChI is InChI=1S/C20H18O2/c21-20(18-12-6-2-7-13-18,16-17-10-4-1-5-11-17)22-19-14-8-3-9-15-19/h1-15,21H,16H2. The summed E-state index contributed by atoms with van der Waals surface area (Å²) < 4.78 is 5.95. The van der Waals surface area contributed by atoms with Gasteiger partial charge < -0.3 is 9.84 Å². The Morgan fingerprint density at radius 1 is 0.682 bits per heavy atom. The fourth-order valence-corrected chi connectivity index (χ4v) is 2.45. The highest BCUT2D eigenvalue weighted by Gasteiger charge is 2.32. The highest BCUT2D eigenvalue weighted by atomic mass is 16.6. The molecule has 3 aromatic carbocycles. The molecule has 2 nitrogen and oxygen atoms in total. The predicted molar refractivity (Wildman–Crippen MR) is 87.6 cm³/mol. The van der Waals surface area contributed by atoms with Crippen molar-refractivity contribution in [2.75, 3.05) is 0 Å². The summed E-state index contributed by atoms with van der Waals surface area (Å²) in [6, 6.07) is 28.8. The van der Waals surface area contributed by atoms with Crippen molar-refractivity contribution < 1.29 is 9.84 Å². The Morgan fingerprint density at radius 2 is 1.18 bits per heavy atom. The van der Waals surface area contributed by atoms with E-state index in [1.54, 1.807) is 0 Å². The molecule has 0 spiro atoms. The number of ether oxygens (including phenoxy) is 1. The van der Waals surface area contributed by atoms with Crippen LogP contribution in [0.3, 0.4) is 0 Å². The lowest BCUT2D eigenvalue weighted by Gasteiger charge is -2.29. The molecule has 3 aromatic rings. The van der Waals surface area contributed by atoms with Crippen LogP contribution in [0.25, 0.3) is 0 Å². The van der Waals surface area contributed by atoms with Gasteiger partial charge in [-0.1, -0.05) is 78.9 Å². The lowest BCUT2D eigenvalue weighted by molar-refractivity contribution is -0.144. The Labute approximate surface area is 130 Å². The van der Waals surface area contributed by atoms with Crippen LogP contribution >= 0.6 is 0 Å². The highest BCUT2D eigenvalue weighted by molar-refractivity contribution is 5.28. The van der Waals surface area contributed by atoms with Crippen LogP contribution in [-0.4, -0.2) is 5.11 Å². The van der Waals surface area contributed by atoms with Gasteiger partial charge in [0.15, 0.2) is 0 Å². The van der Waals surface area contributed by atoms with Gasteiger partial charge in [0.2, 0.25) is 5.79 Å². The van der Waals surface area contributed by atoms with Crippen molar-refractivity contribution in [3.05, 3.63) is 102 Å². The molecule has 0 aromatic heterocycles. The van der Waals surface area contributed by atoms with Crippen LogP contribution in [0.15, 0.2) is 91.0 Å². The summed E-state index contributed by atoms with van der Waals surface area (Å²) in [5.74, 6) is -0.756. The van der Waals surface area contributed by atoms with Crippen molar-refractivity contribution in [3.8, 4) is 5.75 Å². The lowest BCUT2D eigenvalue weighted by Crippen LogP contribution is -2.35. The quantitative estimate of drug-likeness (QED) is 0.715. The molecule has 1 unspecified atom stereocenters. The van der Waals surface area contributed by atoms with E-state index in [9.17, 15) is 5.11 Å². The molecule has 22 heavy (non-hydrogen) atoms. The molecule has 2 heteroatoms. The van der Waals surface area contributed by atoms with Gasteiger partial charge in [0, 0.05) is 12.0 Å². The van der Waals surface area contributed by atoms with Crippen LogP contribution < -0.4 is 4.74 Å². The molecule has 0 saturated carbocycles. The van der Waals surface area contributed by atoms with Crippen LogP contribution in [-0.2, 0) is 12.2 Å². The molecule has 0 aliphatic heterocycles. The van der Waals surface area contributed by atoms with E-state index >= 15 is 0 Å². The maximum Gasteiger partial charge on any atom is 0.238 e. The molecular weight excluding hydrogens is 272 g/mol. The Hall–Kier alpha value is -2.58. The SMILES string of the molecule is OC(Cc1ccccc1)(Oc1ccccc1)c1ccccc1. The first kappa shape index (κ1) is 14.4. The Kier molecular flexibility index (Phi) is 4.22. The summed E-state index contributed by atoms with van der Waals surface area (Å²) in [7, 11) is 0. The number of para-hydroxylation sites is 1. The third-order valence-electron chi connectivity index (χ3n) is 3.54. The molecule has 0 fully saturated rings. The maximum atomic E-state index is 11.2. The second-order valence-corrected chi connectivity index (χ2v) is 5.23. The van der Waals surface area contributed by atoms with Gasteiger partial charge in [-0.3, -0.25) is 0 Å². The topological polar surface area (TPSA) is 29.5 Å². The Balaban J connectivity index is 1.95. The summed E-state index contributed by atoms with van der Waals surface area (Å²) in [6.07, 6.45) is 0.382. The highest BCUT2D eigenvalue weighted by Crippen LogP contribution is 2.29. The van der Waals surface area contributed by atoms with Crippen LogP contribution in [0, 0.1) is 0 Å². The first-order chi connectivity index (χ1) is 10.8. The van der Waals surface area contributed by atoms with Crippen molar-refractivity contribution >= 4 is 0 Å². The molecule has 0 heterocycles. The van der Waals surface area contributed by atoms with Crippen LogP contribution in [0.4, 0.5) is 0 Å². The summed E-state index contributed by atoms with van der Waals surface area (Å²) in [6.45, 7) is 0. The number of rotatable bonds is 5. The zero-order valence-electron chi connectivity index (χ0n) is 12.2. The molecule has 0 radical (unpaired) electrons. The minimum absolute atomic E-state index is 0.382. The number of benzene rings is 3. The van der Waals surface area contributed by atoms with Crippen LogP contribution in [0.1, 0.15) is 11.1 Å². The molecule has 3 rings (SSSR count). The Bertz CT molecular complexity index is 652. The van der Waals surface area contributed by atoms with Crippen molar-refractivity contribution in [2.45, 2.75) is 12.2 Å². The molecule has 0 aliphatic rings. The van der Waals surface area contributed by atoms with Gasteiger partial charge in [0.25, 0.3) is 0 Å². The van der Waals surface area contributed by atoms with Crippen molar-refractivity contribution in [1.29, 1.82) is 0 Å². The van der Waals surface area contributed by atoms with Gasteiger partial charge in [-0.05, 0) is 17.7 Å². The monoisotopic (exact) mass is 290 g/mol. The molecule has 110 valence electrons. The fourth-order valence-electron chi connectivity index (χ4n) is 2.45. The number of hydrogen-bond acceptors (Lipinski definition) is 2. The van der Waals surface area contributed by atoms with Gasteiger partial charge in [-0.25, -0.2) is 0 Å². The smallest absolute Gasteiger partial charge is 0.238 e. The molecular formula is C20H18O2. The van der Waals surface area contributed by atoms with Gasteiger partial charge >= 0.3 is 0 Å². The van der Waals surface area contributed by atoms with Crippen molar-refractivity contribution in [2.24, 2.45) is 0 Å². The normalized spacial score (nSPS) is 13.3. The molecule has 1 N–H and O–H groups in total. The van der Waals surface area contributed by atoms with Crippen LogP contribution in [0.2, 0.25) is 0 Å². The van der Waals surface area contributed by atoms with Gasteiger partial charge in [0.05, 0.1) is 0 Å². The fraction of sp³-hybridized carbons (Fsp3) is 0.100. The molecule has 0 saturated heterocycles. The first-order valence-corrected chi connectivity index (χ1v) is 7.32. The van der Waals surface area contributed by atoms with Gasteiger partial charge in [0.1, 0.15) is 5.75 Å². The van der Waals surface area contributed by atoms with E-state index in [4.69, 9.17) is 4.74 Å². The summed E-state index contributed by atoms with van der Waals surface area (Å²) in [5, 5.41) is 11.2. The average Bonchev–Trinajstić information content (AvgIpc) is 2.57. The Morgan fingerprint density at radius 3 is 1.77 bits per heavy atom. The van der Waals surface area contributed by atoms with E-state index in [0.29, 0.717) is 12.2 Å². The number of hydrogen-bond donors (Lipinski definition) is 1. The summed E-state index contributed by atoms with van der Waals surface area (Å²) in [4.78, 5) is 0. The van der Waals surface area contributed by atoms with E-state index in [0.717, 1.165) is 11.1 Å². The van der Waals surface area contributed by atoms with Crippen molar-refractivity contribution in [3.63, 3.8) is 0 Å². The number of aliphatic hydroxyl groups is 1. The zero-order chi connectivity index (χ0) is 15.3. The summed E-state index contributed by atoms with van der Waals surface area (Å²) >= 11 is 0.